The molecular formula is C80H139NO18. The van der Waals surface area contributed by atoms with Gasteiger partial charge in [-0.25, -0.2) is 0 Å². The molecule has 19 heteroatoms. The molecule has 3 rings (SSSR count). The van der Waals surface area contributed by atoms with Crippen LogP contribution in [0.5, 0.6) is 0 Å². The first-order valence-electron chi connectivity index (χ1n) is 39.0. The van der Waals surface area contributed by atoms with Gasteiger partial charge in [-0.1, -0.05) is 284 Å². The molecule has 0 aromatic rings. The molecule has 0 saturated carbocycles. The van der Waals surface area contributed by atoms with Gasteiger partial charge in [0, 0.05) is 6.42 Å². The van der Waals surface area contributed by atoms with Crippen molar-refractivity contribution < 1.29 is 89.4 Å². The number of unbranched alkanes of at least 4 members (excludes halogenated alkanes) is 28. The fourth-order valence-corrected chi connectivity index (χ4v) is 12.7. The third kappa shape index (κ3) is 40.5. The molecule has 0 aliphatic carbocycles. The summed E-state index contributed by atoms with van der Waals surface area (Å²) in [4.78, 5) is 13.5. The van der Waals surface area contributed by atoms with Gasteiger partial charge >= 0.3 is 0 Å². The average Bonchev–Trinajstić information content (AvgIpc) is 0.784. The van der Waals surface area contributed by atoms with E-state index in [4.69, 9.17) is 28.4 Å². The standard InChI is InChI=1S/C80H139NO18/c1-3-5-7-9-11-13-15-17-19-21-23-24-25-26-27-28-29-30-31-32-33-34-35-36-37-38-40-42-44-46-48-50-52-54-56-58-68(86)81-63(64(85)57-55-53-51-49-47-45-43-41-39-22-20-18-16-14-12-10-8-6-4-2)62-94-78-74(92)71(89)76(66(60-83)96-78)99-80-75(93)72(90)77(67(61-84)97-80)98-79-73(91)70(88)69(87)65(59-82)95-79/h5,7,11,13,17,19,23-24,26-27,29-30,32-33,35-36,63-67,69-80,82-85,87-93H,3-4,6,8-10,12,14-16,18,20-22,25,28,31,34,37-62H2,1-2H3,(H,81,86)/b7-5-,13-11-,19-17-,24-23-,27-26-,30-29-,33-32-,36-35-. The summed E-state index contributed by atoms with van der Waals surface area (Å²) in [5.74, 6) is -0.249. The van der Waals surface area contributed by atoms with Crippen molar-refractivity contribution in [3.8, 4) is 0 Å². The second kappa shape index (κ2) is 60.0. The van der Waals surface area contributed by atoms with E-state index in [0.29, 0.717) is 12.8 Å². The first-order valence-corrected chi connectivity index (χ1v) is 39.0. The van der Waals surface area contributed by atoms with Crippen molar-refractivity contribution in [3.63, 3.8) is 0 Å². The van der Waals surface area contributed by atoms with Gasteiger partial charge in [0.2, 0.25) is 5.91 Å². The summed E-state index contributed by atoms with van der Waals surface area (Å²) in [7, 11) is 0. The zero-order valence-corrected chi connectivity index (χ0v) is 60.9. The van der Waals surface area contributed by atoms with Crippen LogP contribution in [0.1, 0.15) is 271 Å². The lowest BCUT2D eigenvalue weighted by Crippen LogP contribution is -2.66. The lowest BCUT2D eigenvalue weighted by molar-refractivity contribution is -0.379. The second-order valence-electron chi connectivity index (χ2n) is 27.4. The molecule has 3 heterocycles. The number of amides is 1. The number of carbonyl (C=O) groups is 1. The zero-order valence-electron chi connectivity index (χ0n) is 60.9. The normalized spacial score (nSPS) is 27.1. The van der Waals surface area contributed by atoms with Gasteiger partial charge < -0.3 is 89.9 Å². The van der Waals surface area contributed by atoms with E-state index < -0.39 is 124 Å². The van der Waals surface area contributed by atoms with E-state index in [1.165, 1.54) is 128 Å². The lowest BCUT2D eigenvalue weighted by atomic mass is 9.96. The zero-order chi connectivity index (χ0) is 71.8. The van der Waals surface area contributed by atoms with Gasteiger partial charge in [-0.2, -0.15) is 0 Å². The number of allylic oxidation sites excluding steroid dienone is 16. The number of rotatable bonds is 60. The van der Waals surface area contributed by atoms with Gasteiger partial charge in [0.15, 0.2) is 18.9 Å². The number of aliphatic hydroxyl groups is 11. The lowest BCUT2D eigenvalue weighted by Gasteiger charge is -2.48. The van der Waals surface area contributed by atoms with E-state index in [9.17, 15) is 61.0 Å². The Hall–Kier alpha value is -3.29. The van der Waals surface area contributed by atoms with Crippen LogP contribution in [-0.4, -0.2) is 193 Å². The number of carbonyl (C=O) groups excluding carboxylic acids is 1. The highest BCUT2D eigenvalue weighted by atomic mass is 16.8. The highest BCUT2D eigenvalue weighted by Gasteiger charge is 2.54. The summed E-state index contributed by atoms with van der Waals surface area (Å²) < 4.78 is 34.5. The Morgan fingerprint density at radius 2 is 0.697 bits per heavy atom. The van der Waals surface area contributed by atoms with Crippen LogP contribution in [0, 0.1) is 0 Å². The Bertz CT molecular complexity index is 2170. The van der Waals surface area contributed by atoms with Crippen LogP contribution in [0.15, 0.2) is 97.2 Å². The van der Waals surface area contributed by atoms with Crippen molar-refractivity contribution in [3.05, 3.63) is 97.2 Å². The van der Waals surface area contributed by atoms with Gasteiger partial charge in [-0.15, -0.1) is 0 Å². The highest BCUT2D eigenvalue weighted by molar-refractivity contribution is 5.76. The predicted octanol–water partition coefficient (Wildman–Crippen LogP) is 12.4. The first-order chi connectivity index (χ1) is 48.3. The number of hydrogen-bond acceptors (Lipinski definition) is 18. The topological polar surface area (TPSA) is 307 Å². The van der Waals surface area contributed by atoms with Gasteiger partial charge in [0.05, 0.1) is 38.6 Å². The van der Waals surface area contributed by atoms with E-state index >= 15 is 0 Å². The predicted molar refractivity (Wildman–Crippen MR) is 392 cm³/mol. The monoisotopic (exact) mass is 1400 g/mol. The SMILES string of the molecule is CC/C=C\C/C=C\C/C=C\C/C=C\C/C=C\C/C=C\C/C=C\C/C=C\CCCCCCCCCCCCC(=O)NC(COC1OC(CO)C(OC2OC(CO)C(OC3OC(CO)C(O)C(O)C3O)C(O)C2O)C(O)C1O)C(O)CCCCCCCCCCCCCCCCCCCCC. The Morgan fingerprint density at radius 3 is 1.09 bits per heavy atom. The summed E-state index contributed by atoms with van der Waals surface area (Å²) in [5.41, 5.74) is 0. The molecule has 0 radical (unpaired) electrons. The molecule has 0 aromatic heterocycles. The number of aliphatic hydroxyl groups excluding tert-OH is 11. The molecule has 3 aliphatic heterocycles. The van der Waals surface area contributed by atoms with Crippen LogP contribution in [0.2, 0.25) is 0 Å². The number of ether oxygens (including phenoxy) is 6. The minimum Gasteiger partial charge on any atom is -0.394 e. The third-order valence-electron chi connectivity index (χ3n) is 18.9. The summed E-state index contributed by atoms with van der Waals surface area (Å²) >= 11 is 0. The van der Waals surface area contributed by atoms with Gasteiger partial charge in [-0.3, -0.25) is 4.79 Å². The maximum Gasteiger partial charge on any atom is 0.220 e. The molecule has 19 nitrogen and oxygen atoms in total. The molecule has 12 N–H and O–H groups in total. The largest absolute Gasteiger partial charge is 0.394 e. The summed E-state index contributed by atoms with van der Waals surface area (Å²) in [6.45, 7) is 1.70. The molecular weight excluding hydrogens is 1260 g/mol. The number of hydrogen-bond donors (Lipinski definition) is 12. The molecule has 0 aromatic carbocycles. The van der Waals surface area contributed by atoms with Crippen LogP contribution in [0.3, 0.4) is 0 Å². The Balaban J connectivity index is 1.36. The fraction of sp³-hybridized carbons (Fsp3) is 0.787. The van der Waals surface area contributed by atoms with Crippen molar-refractivity contribution in [2.45, 2.75) is 375 Å². The minimum atomic E-state index is -1.98. The van der Waals surface area contributed by atoms with Crippen molar-refractivity contribution >= 4 is 5.91 Å². The van der Waals surface area contributed by atoms with Crippen LogP contribution in [0.25, 0.3) is 0 Å². The van der Waals surface area contributed by atoms with Crippen LogP contribution in [-0.2, 0) is 33.2 Å². The van der Waals surface area contributed by atoms with E-state index in [0.717, 1.165) is 109 Å². The molecule has 99 heavy (non-hydrogen) atoms. The van der Waals surface area contributed by atoms with Crippen LogP contribution in [0.4, 0.5) is 0 Å². The summed E-state index contributed by atoms with van der Waals surface area (Å²) in [5, 5.41) is 121. The van der Waals surface area contributed by atoms with E-state index in [1.54, 1.807) is 0 Å². The van der Waals surface area contributed by atoms with Crippen molar-refractivity contribution in [1.29, 1.82) is 0 Å². The van der Waals surface area contributed by atoms with Crippen LogP contribution >= 0.6 is 0 Å². The van der Waals surface area contributed by atoms with Gasteiger partial charge in [-0.05, 0) is 77.0 Å². The quantitative estimate of drug-likeness (QED) is 0.0199. The Morgan fingerprint density at radius 1 is 0.374 bits per heavy atom. The highest BCUT2D eigenvalue weighted by Crippen LogP contribution is 2.33. The maximum absolute atomic E-state index is 13.5. The molecule has 3 saturated heterocycles. The third-order valence-corrected chi connectivity index (χ3v) is 18.9. The van der Waals surface area contributed by atoms with Crippen molar-refractivity contribution in [1.82, 2.24) is 5.32 Å². The first kappa shape index (κ1) is 89.9. The average molecular weight is 1400 g/mol. The smallest absolute Gasteiger partial charge is 0.220 e. The van der Waals surface area contributed by atoms with Gasteiger partial charge in [0.1, 0.15) is 73.2 Å². The summed E-state index contributed by atoms with van der Waals surface area (Å²) in [6.07, 6.45) is 53.4. The number of nitrogens with one attached hydrogen (secondary N) is 1. The van der Waals surface area contributed by atoms with Crippen molar-refractivity contribution in [2.75, 3.05) is 26.4 Å². The van der Waals surface area contributed by atoms with E-state index in [-0.39, 0.29) is 18.9 Å². The van der Waals surface area contributed by atoms with E-state index in [1.807, 2.05) is 0 Å². The van der Waals surface area contributed by atoms with E-state index in [2.05, 4.69) is 116 Å². The second-order valence-corrected chi connectivity index (χ2v) is 27.4. The molecule has 572 valence electrons. The molecule has 3 aliphatic rings. The molecule has 0 bridgehead atoms. The molecule has 1 amide bonds. The Kier molecular flexibility index (Phi) is 54.5. The fourth-order valence-electron chi connectivity index (χ4n) is 12.7. The van der Waals surface area contributed by atoms with Crippen LogP contribution < -0.4 is 5.32 Å². The maximum atomic E-state index is 13.5. The summed E-state index contributed by atoms with van der Waals surface area (Å²) in [6, 6.07) is -0.897. The molecule has 17 atom stereocenters. The molecule has 17 unspecified atom stereocenters. The molecule has 0 spiro atoms. The van der Waals surface area contributed by atoms with Crippen molar-refractivity contribution in [2.24, 2.45) is 0 Å². The Labute approximate surface area is 596 Å². The molecule has 3 fully saturated rings. The minimum absolute atomic E-state index is 0.249. The van der Waals surface area contributed by atoms with Gasteiger partial charge in [0.25, 0.3) is 0 Å².